The van der Waals surface area contributed by atoms with E-state index in [4.69, 9.17) is 9.47 Å². The van der Waals surface area contributed by atoms with Crippen LogP contribution in [0.25, 0.3) is 0 Å². The lowest BCUT2D eigenvalue weighted by molar-refractivity contribution is 0.150. The molecular weight excluding hydrogens is 336 g/mol. The van der Waals surface area contributed by atoms with Crippen LogP contribution in [0.15, 0.2) is 71.9 Å². The van der Waals surface area contributed by atoms with Crippen molar-refractivity contribution in [3.63, 3.8) is 0 Å². The standard InChI is InChI=1S/C19H24F4O2/c1-7-25-11-9-13(3)17(21)19(23)15(5)14(4)18(22)16(20)12(2)8-10-24-6/h2-5,7-11H2,1,6H3/b18-16-,19-17-. The summed E-state index contributed by atoms with van der Waals surface area (Å²) in [5, 5.41) is 0. The van der Waals surface area contributed by atoms with Gasteiger partial charge in [0.05, 0.1) is 13.2 Å². The summed E-state index contributed by atoms with van der Waals surface area (Å²) >= 11 is 0. The molecule has 0 spiro atoms. The van der Waals surface area contributed by atoms with Crippen molar-refractivity contribution in [3.8, 4) is 0 Å². The van der Waals surface area contributed by atoms with E-state index >= 15 is 0 Å². The molecular formula is C19H24F4O2. The van der Waals surface area contributed by atoms with E-state index in [2.05, 4.69) is 26.3 Å². The zero-order valence-electron chi connectivity index (χ0n) is 14.7. The first-order chi connectivity index (χ1) is 11.7. The third-order valence-electron chi connectivity index (χ3n) is 3.26. The normalized spacial score (nSPS) is 13.0. The third kappa shape index (κ3) is 7.23. The first-order valence-corrected chi connectivity index (χ1v) is 7.61. The Bertz CT molecular complexity index is 601. The van der Waals surface area contributed by atoms with E-state index in [0.29, 0.717) is 6.61 Å². The Balaban J connectivity index is 5.24. The highest BCUT2D eigenvalue weighted by Crippen LogP contribution is 2.33. The van der Waals surface area contributed by atoms with Gasteiger partial charge in [0, 0.05) is 24.9 Å². The lowest BCUT2D eigenvalue weighted by Crippen LogP contribution is -2.00. The molecule has 0 atom stereocenters. The van der Waals surface area contributed by atoms with Gasteiger partial charge in [0.1, 0.15) is 0 Å². The molecule has 0 aromatic rings. The van der Waals surface area contributed by atoms with Crippen LogP contribution in [0.5, 0.6) is 0 Å². The summed E-state index contributed by atoms with van der Waals surface area (Å²) in [5.74, 6) is -5.49. The molecule has 0 aliphatic rings. The van der Waals surface area contributed by atoms with Gasteiger partial charge in [0.15, 0.2) is 23.3 Å². The zero-order valence-corrected chi connectivity index (χ0v) is 14.7. The van der Waals surface area contributed by atoms with Crippen LogP contribution in [0, 0.1) is 0 Å². The molecule has 25 heavy (non-hydrogen) atoms. The molecule has 0 heterocycles. The third-order valence-corrected chi connectivity index (χ3v) is 3.26. The summed E-state index contributed by atoms with van der Waals surface area (Å²) in [6, 6.07) is 0. The predicted octanol–water partition coefficient (Wildman–Crippen LogP) is 5.98. The summed E-state index contributed by atoms with van der Waals surface area (Å²) in [5.41, 5.74) is -1.77. The van der Waals surface area contributed by atoms with E-state index in [-0.39, 0.29) is 37.2 Å². The first kappa shape index (κ1) is 23.1. The van der Waals surface area contributed by atoms with E-state index in [1.165, 1.54) is 7.11 Å². The number of ether oxygens (including phenoxy) is 2. The van der Waals surface area contributed by atoms with Gasteiger partial charge >= 0.3 is 0 Å². The second kappa shape index (κ2) is 11.6. The van der Waals surface area contributed by atoms with Gasteiger partial charge in [-0.15, -0.1) is 0 Å². The molecule has 0 amide bonds. The highest BCUT2D eigenvalue weighted by Gasteiger charge is 2.21. The van der Waals surface area contributed by atoms with Crippen molar-refractivity contribution in [1.29, 1.82) is 0 Å². The fourth-order valence-corrected chi connectivity index (χ4v) is 1.62. The first-order valence-electron chi connectivity index (χ1n) is 7.61. The number of halogens is 4. The molecule has 0 unspecified atom stereocenters. The summed E-state index contributed by atoms with van der Waals surface area (Å²) in [6.45, 7) is 15.7. The minimum absolute atomic E-state index is 0.0381. The van der Waals surface area contributed by atoms with E-state index < -0.39 is 34.5 Å². The Kier molecular flexibility index (Phi) is 10.7. The van der Waals surface area contributed by atoms with Crippen LogP contribution in [0.3, 0.4) is 0 Å². The molecule has 0 saturated carbocycles. The molecule has 0 bridgehead atoms. The van der Waals surface area contributed by atoms with Crippen LogP contribution in [0.4, 0.5) is 17.6 Å². The predicted molar refractivity (Wildman–Crippen MR) is 92.6 cm³/mol. The van der Waals surface area contributed by atoms with Gasteiger partial charge in [-0.2, -0.15) is 0 Å². The van der Waals surface area contributed by atoms with Gasteiger partial charge in [0.25, 0.3) is 0 Å². The maximum atomic E-state index is 14.1. The Hall–Kier alpha value is -1.92. The van der Waals surface area contributed by atoms with Crippen molar-refractivity contribution >= 4 is 0 Å². The number of hydrogen-bond acceptors (Lipinski definition) is 2. The average Bonchev–Trinajstić information content (AvgIpc) is 2.62. The van der Waals surface area contributed by atoms with Crippen molar-refractivity contribution in [2.75, 3.05) is 26.9 Å². The summed E-state index contributed by atoms with van der Waals surface area (Å²) in [4.78, 5) is 0. The monoisotopic (exact) mass is 360 g/mol. The SMILES string of the molecule is C=C(CCOC)/C(F)=C(/F)C(=C)C(=C)/C(F)=C(/F)C(=C)CCOCC. The lowest BCUT2D eigenvalue weighted by Gasteiger charge is -2.10. The quantitative estimate of drug-likeness (QED) is 0.242. The molecule has 0 aromatic heterocycles. The maximum Gasteiger partial charge on any atom is 0.166 e. The van der Waals surface area contributed by atoms with Gasteiger partial charge in [-0.3, -0.25) is 0 Å². The highest BCUT2D eigenvalue weighted by molar-refractivity contribution is 5.53. The fourth-order valence-electron chi connectivity index (χ4n) is 1.62. The molecule has 6 heteroatoms. The number of hydrogen-bond donors (Lipinski definition) is 0. The summed E-state index contributed by atoms with van der Waals surface area (Å²) < 4.78 is 65.9. The molecule has 0 radical (unpaired) electrons. The number of rotatable bonds is 12. The molecule has 0 N–H and O–H groups in total. The minimum Gasteiger partial charge on any atom is -0.384 e. The lowest BCUT2D eigenvalue weighted by atomic mass is 10.0. The molecule has 0 saturated heterocycles. The fraction of sp³-hybridized carbons (Fsp3) is 0.368. The minimum atomic E-state index is -1.45. The van der Waals surface area contributed by atoms with Crippen molar-refractivity contribution in [2.24, 2.45) is 0 Å². The van der Waals surface area contributed by atoms with Crippen LogP contribution in [0.2, 0.25) is 0 Å². The zero-order chi connectivity index (χ0) is 19.6. The highest BCUT2D eigenvalue weighted by atomic mass is 19.2. The van der Waals surface area contributed by atoms with Crippen LogP contribution in [-0.4, -0.2) is 26.9 Å². The average molecular weight is 360 g/mol. The molecule has 0 fully saturated rings. The van der Waals surface area contributed by atoms with Crippen LogP contribution in [0.1, 0.15) is 19.8 Å². The Morgan fingerprint density at radius 3 is 1.48 bits per heavy atom. The van der Waals surface area contributed by atoms with Crippen molar-refractivity contribution in [1.82, 2.24) is 0 Å². The van der Waals surface area contributed by atoms with Gasteiger partial charge in [-0.25, -0.2) is 17.6 Å². The molecule has 140 valence electrons. The molecule has 0 aliphatic heterocycles. The van der Waals surface area contributed by atoms with Crippen molar-refractivity contribution in [2.45, 2.75) is 19.8 Å². The van der Waals surface area contributed by atoms with Crippen LogP contribution < -0.4 is 0 Å². The summed E-state index contributed by atoms with van der Waals surface area (Å²) in [6.07, 6.45) is 0.0871. The molecule has 2 nitrogen and oxygen atoms in total. The van der Waals surface area contributed by atoms with E-state index in [1.807, 2.05) is 0 Å². The molecule has 0 rings (SSSR count). The van der Waals surface area contributed by atoms with E-state index in [9.17, 15) is 17.6 Å². The summed E-state index contributed by atoms with van der Waals surface area (Å²) in [7, 11) is 1.40. The van der Waals surface area contributed by atoms with Crippen molar-refractivity contribution in [3.05, 3.63) is 71.9 Å². The Morgan fingerprint density at radius 2 is 1.12 bits per heavy atom. The number of methoxy groups -OCH3 is 1. The molecule has 0 aromatic carbocycles. The van der Waals surface area contributed by atoms with E-state index in [0.717, 1.165) is 0 Å². The van der Waals surface area contributed by atoms with Crippen LogP contribution >= 0.6 is 0 Å². The van der Waals surface area contributed by atoms with Gasteiger partial charge in [-0.1, -0.05) is 26.3 Å². The van der Waals surface area contributed by atoms with Gasteiger partial charge in [-0.05, 0) is 30.9 Å². The Labute approximate surface area is 146 Å². The van der Waals surface area contributed by atoms with Crippen molar-refractivity contribution < 1.29 is 27.0 Å². The van der Waals surface area contributed by atoms with Gasteiger partial charge < -0.3 is 9.47 Å². The number of allylic oxidation sites excluding steroid dienone is 6. The smallest absolute Gasteiger partial charge is 0.166 e. The second-order valence-electron chi connectivity index (χ2n) is 5.11. The molecule has 0 aliphatic carbocycles. The largest absolute Gasteiger partial charge is 0.384 e. The Morgan fingerprint density at radius 1 is 0.720 bits per heavy atom. The topological polar surface area (TPSA) is 18.5 Å². The van der Waals surface area contributed by atoms with Gasteiger partial charge in [0.2, 0.25) is 0 Å². The van der Waals surface area contributed by atoms with E-state index in [1.54, 1.807) is 6.92 Å². The van der Waals surface area contributed by atoms with Crippen LogP contribution in [-0.2, 0) is 9.47 Å². The second-order valence-corrected chi connectivity index (χ2v) is 5.11. The maximum absolute atomic E-state index is 14.1.